The minimum atomic E-state index is -1.63. The number of aliphatic hydroxyl groups is 1. The summed E-state index contributed by atoms with van der Waals surface area (Å²) in [5, 5.41) is 10.8. The first kappa shape index (κ1) is 45.8. The van der Waals surface area contributed by atoms with Gasteiger partial charge in [-0.2, -0.15) is 0 Å². The molecule has 5 fully saturated rings. The van der Waals surface area contributed by atoms with Crippen molar-refractivity contribution in [1.29, 1.82) is 0 Å². The second kappa shape index (κ2) is 15.6. The number of ketones is 2. The van der Waals surface area contributed by atoms with Gasteiger partial charge in [0, 0.05) is 64.2 Å². The molecule has 0 aromatic heterocycles. The first-order valence-corrected chi connectivity index (χ1v) is 21.3. The summed E-state index contributed by atoms with van der Waals surface area (Å²) in [5.74, 6) is -4.49. The number of carbonyl (C=O) groups is 7. The van der Waals surface area contributed by atoms with Crippen LogP contribution in [0.2, 0.25) is 0 Å². The molecule has 1 saturated heterocycles. The summed E-state index contributed by atoms with van der Waals surface area (Å²) in [5.41, 5.74) is -3.15. The number of hydrogen-bond donors (Lipinski definition) is 1. The number of allylic oxidation sites excluding steroid dienone is 1. The lowest BCUT2D eigenvalue weighted by atomic mass is 9.44. The van der Waals surface area contributed by atoms with Crippen molar-refractivity contribution < 1.29 is 71.8 Å². The molecule has 2 unspecified atom stereocenters. The Morgan fingerprint density at radius 1 is 0.867 bits per heavy atom. The van der Waals surface area contributed by atoms with Crippen LogP contribution in [-0.2, 0) is 66.7 Å². The van der Waals surface area contributed by atoms with Crippen molar-refractivity contribution in [3.8, 4) is 0 Å². The molecule has 5 aliphatic carbocycles. The van der Waals surface area contributed by atoms with E-state index in [9.17, 15) is 38.7 Å². The van der Waals surface area contributed by atoms with Gasteiger partial charge in [0.25, 0.3) is 0 Å². The third-order valence-corrected chi connectivity index (χ3v) is 15.4. The van der Waals surface area contributed by atoms with Gasteiger partial charge in [0.15, 0.2) is 36.5 Å². The number of fused-ring (bicyclic) bond motifs is 2. The van der Waals surface area contributed by atoms with Gasteiger partial charge in [-0.3, -0.25) is 33.6 Å². The molecular weight excluding hydrogens is 780 g/mol. The van der Waals surface area contributed by atoms with Gasteiger partial charge in [0.05, 0.1) is 12.7 Å². The van der Waals surface area contributed by atoms with Crippen LogP contribution in [0.25, 0.3) is 0 Å². The Morgan fingerprint density at radius 2 is 1.47 bits per heavy atom. The van der Waals surface area contributed by atoms with Crippen LogP contribution in [0.1, 0.15) is 128 Å². The van der Waals surface area contributed by atoms with Gasteiger partial charge in [-0.1, -0.05) is 46.3 Å². The lowest BCUT2D eigenvalue weighted by Crippen LogP contribution is -2.61. The number of carbonyl (C=O) groups excluding carboxylic acids is 7. The van der Waals surface area contributed by atoms with Crippen LogP contribution >= 0.6 is 0 Å². The Labute approximate surface area is 352 Å². The van der Waals surface area contributed by atoms with E-state index in [1.54, 1.807) is 0 Å². The van der Waals surface area contributed by atoms with E-state index in [0.29, 0.717) is 25.7 Å². The fraction of sp³-hybridized carbons (Fsp3) is 0.800. The maximum atomic E-state index is 14.4. The minimum absolute atomic E-state index is 0.0270. The summed E-state index contributed by atoms with van der Waals surface area (Å²) < 4.78 is 41.1. The Balaban J connectivity index is 1.31. The molecule has 1 aliphatic heterocycles. The summed E-state index contributed by atoms with van der Waals surface area (Å²) in [4.78, 5) is 89.5. The van der Waals surface area contributed by atoms with Crippen molar-refractivity contribution in [2.75, 3.05) is 6.61 Å². The van der Waals surface area contributed by atoms with Crippen molar-refractivity contribution >= 4 is 41.4 Å². The highest BCUT2D eigenvalue weighted by Crippen LogP contribution is 2.88. The molecule has 14 atom stereocenters. The lowest BCUT2D eigenvalue weighted by Gasteiger charge is -2.61. The maximum Gasteiger partial charge on any atom is 0.303 e. The third kappa shape index (κ3) is 7.41. The van der Waals surface area contributed by atoms with Gasteiger partial charge < -0.3 is 38.3 Å². The van der Waals surface area contributed by atoms with Gasteiger partial charge in [-0.15, -0.1) is 0 Å². The summed E-state index contributed by atoms with van der Waals surface area (Å²) in [6, 6.07) is 0. The molecule has 2 spiro atoms. The fourth-order valence-corrected chi connectivity index (χ4v) is 13.2. The summed E-state index contributed by atoms with van der Waals surface area (Å²) >= 11 is 0. The van der Waals surface area contributed by atoms with Crippen molar-refractivity contribution in [3.63, 3.8) is 0 Å². The predicted molar refractivity (Wildman–Crippen MR) is 210 cm³/mol. The average molecular weight is 845 g/mol. The molecule has 6 rings (SSSR count). The molecule has 0 bridgehead atoms. The Bertz CT molecular complexity index is 1840. The van der Waals surface area contributed by atoms with Gasteiger partial charge in [0.1, 0.15) is 17.5 Å². The van der Waals surface area contributed by atoms with Crippen LogP contribution in [-0.4, -0.2) is 102 Å². The quantitative estimate of drug-likeness (QED) is 0.158. The van der Waals surface area contributed by atoms with Crippen LogP contribution < -0.4 is 0 Å². The fourth-order valence-electron chi connectivity index (χ4n) is 13.2. The normalized spacial score (nSPS) is 39.8. The molecule has 6 aliphatic rings. The summed E-state index contributed by atoms with van der Waals surface area (Å²) in [6.45, 7) is 19.3. The molecule has 4 saturated carbocycles. The van der Waals surface area contributed by atoms with Crippen LogP contribution in [0.4, 0.5) is 0 Å². The highest BCUT2D eigenvalue weighted by molar-refractivity contribution is 5.90. The predicted octanol–water partition coefficient (Wildman–Crippen LogP) is 4.90. The van der Waals surface area contributed by atoms with E-state index in [4.69, 9.17) is 33.2 Å². The lowest BCUT2D eigenvalue weighted by molar-refractivity contribution is -0.306. The average Bonchev–Trinajstić information content (AvgIpc) is 3.72. The van der Waals surface area contributed by atoms with Crippen molar-refractivity contribution in [1.82, 2.24) is 0 Å². The SMILES string of the molecule is CC(=O)O[C@@H]1[C@@H](OC(C)=O)[C@@H](O[C@H]2CC[C@]34CC35C(=CCC4C2(C)C)[C@]2(C)CC(=O)[C@H]([C@H](C)CC(=O)[C@H](OC(C)=O)C(C)(C)O)[C@@]2(C)C[C@@H]5OC(C)=O)OC[C@H]1OC(C)=O. The zero-order valence-corrected chi connectivity index (χ0v) is 37.2. The second-order valence-electron chi connectivity index (χ2n) is 20.2. The molecule has 60 heavy (non-hydrogen) atoms. The smallest absolute Gasteiger partial charge is 0.303 e. The zero-order valence-electron chi connectivity index (χ0n) is 37.2. The molecule has 15 heteroatoms. The van der Waals surface area contributed by atoms with Crippen LogP contribution in [0.5, 0.6) is 0 Å². The van der Waals surface area contributed by atoms with Gasteiger partial charge in [0.2, 0.25) is 0 Å². The molecule has 1 heterocycles. The Kier molecular flexibility index (Phi) is 11.9. The molecule has 0 radical (unpaired) electrons. The first-order chi connectivity index (χ1) is 27.7. The summed E-state index contributed by atoms with van der Waals surface area (Å²) in [6.07, 6.45) is -1.38. The Hall–Kier alpha value is -3.69. The van der Waals surface area contributed by atoms with E-state index >= 15 is 0 Å². The highest BCUT2D eigenvalue weighted by Gasteiger charge is 2.85. The number of ether oxygens (including phenoxy) is 7. The second-order valence-corrected chi connectivity index (χ2v) is 20.2. The standard InChI is InChI=1S/C45H64O15/c1-22(17-28(51)38(41(9,10)53)59-27(6)50)35-29(52)18-42(11)32-14-13-31-40(7,8)33(15-16-44(31)21-45(32,44)34(56-24(3)47)19-43(35,42)12)60-39-37(58-26(5)49)36(57-25(4)48)30(20-54-39)55-23(2)46/h14,22,30-31,33-39,53H,13,15-21H2,1-12H3/t22-,30-,31?,33+,34+,35+,36+,37-,38+,39-,42+,43-,44-,45?/m1/s1. The largest absolute Gasteiger partial charge is 0.462 e. The van der Waals surface area contributed by atoms with Crippen molar-refractivity contribution in [2.45, 2.75) is 177 Å². The van der Waals surface area contributed by atoms with E-state index in [1.807, 2.05) is 6.92 Å². The molecular formula is C45H64O15. The maximum absolute atomic E-state index is 14.4. The van der Waals surface area contributed by atoms with Crippen molar-refractivity contribution in [2.24, 2.45) is 44.8 Å². The molecule has 0 aromatic carbocycles. The van der Waals surface area contributed by atoms with E-state index in [-0.39, 0.29) is 36.6 Å². The molecule has 1 N–H and O–H groups in total. The minimum Gasteiger partial charge on any atom is -0.462 e. The van der Waals surface area contributed by atoms with Crippen LogP contribution in [0.3, 0.4) is 0 Å². The van der Waals surface area contributed by atoms with Gasteiger partial charge in [-0.25, -0.2) is 0 Å². The summed E-state index contributed by atoms with van der Waals surface area (Å²) in [7, 11) is 0. The highest BCUT2D eigenvalue weighted by atomic mass is 16.7. The molecule has 0 aromatic rings. The molecule has 0 amide bonds. The van der Waals surface area contributed by atoms with E-state index in [1.165, 1.54) is 48.5 Å². The van der Waals surface area contributed by atoms with Crippen molar-refractivity contribution in [3.05, 3.63) is 11.6 Å². The van der Waals surface area contributed by atoms with Gasteiger partial charge >= 0.3 is 29.8 Å². The molecule has 15 nitrogen and oxygen atoms in total. The zero-order chi connectivity index (χ0) is 44.7. The monoisotopic (exact) mass is 844 g/mol. The number of hydrogen-bond acceptors (Lipinski definition) is 15. The third-order valence-electron chi connectivity index (χ3n) is 15.4. The van der Waals surface area contributed by atoms with E-state index in [2.05, 4.69) is 33.8 Å². The number of Topliss-reactive ketones (excluding diaryl/α,β-unsaturated/α-hetero) is 2. The van der Waals surface area contributed by atoms with E-state index < -0.39 is 118 Å². The molecule has 334 valence electrons. The van der Waals surface area contributed by atoms with E-state index in [0.717, 1.165) is 12.0 Å². The topological polar surface area (TPSA) is 204 Å². The number of esters is 5. The number of rotatable bonds is 12. The van der Waals surface area contributed by atoms with Gasteiger partial charge in [-0.05, 0) is 74.0 Å². The van der Waals surface area contributed by atoms with Crippen LogP contribution in [0, 0.1) is 44.8 Å². The first-order valence-electron chi connectivity index (χ1n) is 21.3. The van der Waals surface area contributed by atoms with Crippen LogP contribution in [0.15, 0.2) is 11.6 Å². The Morgan fingerprint density at radius 3 is 2.03 bits per heavy atom.